The first kappa shape index (κ1) is 15.3. The molecule has 4 nitrogen and oxygen atoms in total. The van der Waals surface area contributed by atoms with E-state index < -0.39 is 0 Å². The lowest BCUT2D eigenvalue weighted by Gasteiger charge is -2.33. The van der Waals surface area contributed by atoms with E-state index >= 15 is 0 Å². The molecule has 20 heavy (non-hydrogen) atoms. The van der Waals surface area contributed by atoms with Crippen molar-refractivity contribution in [1.82, 2.24) is 10.3 Å². The largest absolute Gasteiger partial charge is 0.380 e. The molecule has 1 aromatic heterocycles. The molecule has 4 heteroatoms. The van der Waals surface area contributed by atoms with Gasteiger partial charge in [-0.1, -0.05) is 0 Å². The van der Waals surface area contributed by atoms with Crippen LogP contribution in [0.25, 0.3) is 0 Å². The van der Waals surface area contributed by atoms with Crippen LogP contribution in [0.2, 0.25) is 0 Å². The summed E-state index contributed by atoms with van der Waals surface area (Å²) in [5, 5.41) is 3.48. The zero-order valence-electron chi connectivity index (χ0n) is 13.1. The van der Waals surface area contributed by atoms with Gasteiger partial charge in [-0.05, 0) is 45.7 Å². The quantitative estimate of drug-likeness (QED) is 0.918. The van der Waals surface area contributed by atoms with Crippen molar-refractivity contribution in [2.45, 2.75) is 51.8 Å². The zero-order chi connectivity index (χ0) is 14.6. The number of nitrogens with one attached hydrogen (secondary N) is 1. The first-order valence-electron chi connectivity index (χ1n) is 7.45. The lowest BCUT2D eigenvalue weighted by molar-refractivity contribution is 0.0893. The predicted molar refractivity (Wildman–Crippen MR) is 83.1 cm³/mol. The van der Waals surface area contributed by atoms with E-state index in [9.17, 15) is 0 Å². The van der Waals surface area contributed by atoms with Crippen molar-refractivity contribution >= 4 is 5.69 Å². The molecular formula is C16H27N3O. The first-order valence-corrected chi connectivity index (χ1v) is 7.45. The third kappa shape index (κ3) is 4.46. The molecule has 1 atom stereocenters. The van der Waals surface area contributed by atoms with Crippen LogP contribution < -0.4 is 10.2 Å². The number of rotatable bonds is 4. The summed E-state index contributed by atoms with van der Waals surface area (Å²) in [7, 11) is 1.80. The number of hydrogen-bond acceptors (Lipinski definition) is 4. The van der Waals surface area contributed by atoms with Crippen molar-refractivity contribution in [2.75, 3.05) is 25.1 Å². The highest BCUT2D eigenvalue weighted by molar-refractivity contribution is 5.47. The van der Waals surface area contributed by atoms with Crippen LogP contribution in [0.4, 0.5) is 5.69 Å². The van der Waals surface area contributed by atoms with Crippen LogP contribution in [0, 0.1) is 0 Å². The van der Waals surface area contributed by atoms with Gasteiger partial charge in [-0.2, -0.15) is 0 Å². The number of anilines is 1. The standard InChI is InChI=1S/C16H27N3O/c1-16(2,3)18-11-13-10-14(7-8-17-13)19-9-5-6-15(12-19)20-4/h7-8,10,15,18H,5-6,9,11-12H2,1-4H3. The van der Waals surface area contributed by atoms with Crippen LogP contribution >= 0.6 is 0 Å². The van der Waals surface area contributed by atoms with Crippen LogP contribution in [-0.4, -0.2) is 36.8 Å². The molecule has 112 valence electrons. The van der Waals surface area contributed by atoms with Crippen molar-refractivity contribution in [3.63, 3.8) is 0 Å². The summed E-state index contributed by atoms with van der Waals surface area (Å²) in [4.78, 5) is 6.86. The molecule has 0 spiro atoms. The minimum atomic E-state index is 0.115. The Morgan fingerprint density at radius 2 is 2.25 bits per heavy atom. The lowest BCUT2D eigenvalue weighted by atomic mass is 10.1. The van der Waals surface area contributed by atoms with Crippen LogP contribution in [0.5, 0.6) is 0 Å². The third-order valence-electron chi connectivity index (χ3n) is 3.68. The van der Waals surface area contributed by atoms with E-state index in [-0.39, 0.29) is 5.54 Å². The number of nitrogens with zero attached hydrogens (tertiary/aromatic N) is 2. The van der Waals surface area contributed by atoms with Gasteiger partial charge in [-0.25, -0.2) is 0 Å². The normalized spacial score (nSPS) is 20.2. The molecule has 0 amide bonds. The van der Waals surface area contributed by atoms with Gasteiger partial charge in [0.2, 0.25) is 0 Å². The van der Waals surface area contributed by atoms with Gasteiger partial charge in [0.05, 0.1) is 11.8 Å². The van der Waals surface area contributed by atoms with E-state index in [1.54, 1.807) is 7.11 Å². The Hall–Kier alpha value is -1.13. The van der Waals surface area contributed by atoms with E-state index in [0.29, 0.717) is 6.10 Å². The van der Waals surface area contributed by atoms with Crippen molar-refractivity contribution in [1.29, 1.82) is 0 Å². The molecule has 1 unspecified atom stereocenters. The second-order valence-electron chi connectivity index (χ2n) is 6.55. The minimum Gasteiger partial charge on any atom is -0.380 e. The molecule has 1 saturated heterocycles. The Balaban J connectivity index is 2.01. The fourth-order valence-electron chi connectivity index (χ4n) is 2.48. The Bertz CT molecular complexity index is 428. The highest BCUT2D eigenvalue weighted by Gasteiger charge is 2.20. The molecule has 1 N–H and O–H groups in total. The Morgan fingerprint density at radius 3 is 2.95 bits per heavy atom. The third-order valence-corrected chi connectivity index (χ3v) is 3.68. The van der Waals surface area contributed by atoms with Crippen molar-refractivity contribution in [3.05, 3.63) is 24.0 Å². The zero-order valence-corrected chi connectivity index (χ0v) is 13.1. The monoisotopic (exact) mass is 277 g/mol. The van der Waals surface area contributed by atoms with E-state index in [1.807, 2.05) is 6.20 Å². The summed E-state index contributed by atoms with van der Waals surface area (Å²) >= 11 is 0. The number of aromatic nitrogens is 1. The molecule has 0 radical (unpaired) electrons. The summed E-state index contributed by atoms with van der Waals surface area (Å²) in [6.07, 6.45) is 4.62. The number of hydrogen-bond donors (Lipinski definition) is 1. The average molecular weight is 277 g/mol. The fourth-order valence-corrected chi connectivity index (χ4v) is 2.48. The highest BCUT2D eigenvalue weighted by atomic mass is 16.5. The predicted octanol–water partition coefficient (Wildman–Crippen LogP) is 2.58. The molecule has 0 aliphatic carbocycles. The number of ether oxygens (including phenoxy) is 1. The fraction of sp³-hybridized carbons (Fsp3) is 0.688. The van der Waals surface area contributed by atoms with E-state index in [1.165, 1.54) is 12.1 Å². The molecular weight excluding hydrogens is 250 g/mol. The van der Waals surface area contributed by atoms with Crippen LogP contribution in [-0.2, 0) is 11.3 Å². The molecule has 0 aromatic carbocycles. The highest BCUT2D eigenvalue weighted by Crippen LogP contribution is 2.21. The van der Waals surface area contributed by atoms with E-state index in [0.717, 1.165) is 31.7 Å². The van der Waals surface area contributed by atoms with Gasteiger partial charge in [0, 0.05) is 44.2 Å². The molecule has 1 aromatic rings. The Kier molecular flexibility index (Phi) is 5.00. The van der Waals surface area contributed by atoms with Crippen LogP contribution in [0.15, 0.2) is 18.3 Å². The maximum absolute atomic E-state index is 5.50. The number of pyridine rings is 1. The summed E-state index contributed by atoms with van der Waals surface area (Å²) in [6.45, 7) is 9.40. The van der Waals surface area contributed by atoms with Gasteiger partial charge in [0.1, 0.15) is 0 Å². The number of piperidine rings is 1. The van der Waals surface area contributed by atoms with Crippen LogP contribution in [0.3, 0.4) is 0 Å². The molecule has 2 heterocycles. The molecule has 1 aliphatic rings. The van der Waals surface area contributed by atoms with E-state index in [2.05, 4.69) is 48.1 Å². The van der Waals surface area contributed by atoms with Gasteiger partial charge in [0.15, 0.2) is 0 Å². The van der Waals surface area contributed by atoms with Gasteiger partial charge in [-0.3, -0.25) is 4.98 Å². The van der Waals surface area contributed by atoms with Crippen molar-refractivity contribution in [3.8, 4) is 0 Å². The molecule has 0 saturated carbocycles. The second-order valence-corrected chi connectivity index (χ2v) is 6.55. The van der Waals surface area contributed by atoms with E-state index in [4.69, 9.17) is 4.74 Å². The van der Waals surface area contributed by atoms with Gasteiger partial charge < -0.3 is 15.0 Å². The first-order chi connectivity index (χ1) is 9.48. The SMILES string of the molecule is COC1CCCN(c2ccnc(CNC(C)(C)C)c2)C1. The molecule has 1 aliphatic heterocycles. The van der Waals surface area contributed by atoms with Crippen LogP contribution in [0.1, 0.15) is 39.3 Å². The Morgan fingerprint density at radius 1 is 1.45 bits per heavy atom. The second kappa shape index (κ2) is 6.55. The van der Waals surface area contributed by atoms with Crippen molar-refractivity contribution < 1.29 is 4.74 Å². The number of methoxy groups -OCH3 is 1. The topological polar surface area (TPSA) is 37.4 Å². The summed E-state index contributed by atoms with van der Waals surface area (Å²) < 4.78 is 5.50. The summed E-state index contributed by atoms with van der Waals surface area (Å²) in [5.74, 6) is 0. The van der Waals surface area contributed by atoms with Gasteiger partial charge in [0.25, 0.3) is 0 Å². The smallest absolute Gasteiger partial charge is 0.0746 e. The lowest BCUT2D eigenvalue weighted by Crippen LogP contribution is -2.39. The summed E-state index contributed by atoms with van der Waals surface area (Å²) in [6, 6.07) is 4.29. The van der Waals surface area contributed by atoms with Gasteiger partial charge in [-0.15, -0.1) is 0 Å². The van der Waals surface area contributed by atoms with Gasteiger partial charge >= 0.3 is 0 Å². The maximum atomic E-state index is 5.50. The molecule has 0 bridgehead atoms. The van der Waals surface area contributed by atoms with Crippen molar-refractivity contribution in [2.24, 2.45) is 0 Å². The molecule has 1 fully saturated rings. The summed E-state index contributed by atoms with van der Waals surface area (Å²) in [5.41, 5.74) is 2.47. The molecule has 2 rings (SSSR count). The maximum Gasteiger partial charge on any atom is 0.0746 e. The minimum absolute atomic E-state index is 0.115. The Labute approximate surface area is 122 Å². The average Bonchev–Trinajstić information content (AvgIpc) is 2.45.